The molecule has 6 heteroatoms. The van der Waals surface area contributed by atoms with Gasteiger partial charge in [0.05, 0.1) is 5.39 Å². The highest BCUT2D eigenvalue weighted by molar-refractivity contribution is 5.75. The summed E-state index contributed by atoms with van der Waals surface area (Å²) in [5.41, 5.74) is -0.902. The van der Waals surface area contributed by atoms with Crippen LogP contribution in [0.15, 0.2) is 15.7 Å². The molecular formula is C6H5N3O3. The fourth-order valence-corrected chi connectivity index (χ4v) is 1.03. The predicted octanol–water partition coefficient (Wildman–Crippen LogP) is -0.750. The van der Waals surface area contributed by atoms with Gasteiger partial charge in [-0.3, -0.25) is 14.8 Å². The third kappa shape index (κ3) is 0.815. The molecule has 0 aromatic carbocycles. The SMILES string of the molecule is O=c1[nH]c(=O)c2cc(O)[nH]c2[nH]1. The summed E-state index contributed by atoms with van der Waals surface area (Å²) >= 11 is 0. The van der Waals surface area contributed by atoms with Gasteiger partial charge in [0.25, 0.3) is 5.56 Å². The van der Waals surface area contributed by atoms with E-state index in [1.165, 1.54) is 6.07 Å². The summed E-state index contributed by atoms with van der Waals surface area (Å²) in [6.45, 7) is 0. The molecule has 6 nitrogen and oxygen atoms in total. The van der Waals surface area contributed by atoms with Gasteiger partial charge >= 0.3 is 5.69 Å². The third-order valence-electron chi connectivity index (χ3n) is 1.51. The summed E-state index contributed by atoms with van der Waals surface area (Å²) in [7, 11) is 0. The van der Waals surface area contributed by atoms with Crippen molar-refractivity contribution in [1.29, 1.82) is 0 Å². The molecule has 0 amide bonds. The lowest BCUT2D eigenvalue weighted by atomic mass is 10.4. The smallest absolute Gasteiger partial charge is 0.327 e. The van der Waals surface area contributed by atoms with Gasteiger partial charge in [-0.2, -0.15) is 0 Å². The van der Waals surface area contributed by atoms with E-state index in [0.29, 0.717) is 0 Å². The second-order valence-electron chi connectivity index (χ2n) is 2.35. The first-order valence-corrected chi connectivity index (χ1v) is 3.21. The highest BCUT2D eigenvalue weighted by atomic mass is 16.3. The van der Waals surface area contributed by atoms with Gasteiger partial charge < -0.3 is 10.1 Å². The van der Waals surface area contributed by atoms with Crippen LogP contribution >= 0.6 is 0 Å². The second-order valence-corrected chi connectivity index (χ2v) is 2.35. The Hall–Kier alpha value is -1.98. The summed E-state index contributed by atoms with van der Waals surface area (Å²) in [5.74, 6) is -0.155. The number of hydrogen-bond acceptors (Lipinski definition) is 3. The van der Waals surface area contributed by atoms with Crippen molar-refractivity contribution in [3.63, 3.8) is 0 Å². The maximum absolute atomic E-state index is 11.0. The minimum Gasteiger partial charge on any atom is -0.495 e. The summed E-state index contributed by atoms with van der Waals surface area (Å²) in [6.07, 6.45) is 0. The molecule has 2 heterocycles. The van der Waals surface area contributed by atoms with E-state index in [1.54, 1.807) is 0 Å². The van der Waals surface area contributed by atoms with Gasteiger partial charge in [0.2, 0.25) is 0 Å². The minimum atomic E-state index is -0.602. The molecule has 0 bridgehead atoms. The Balaban J connectivity index is 3.08. The highest BCUT2D eigenvalue weighted by Crippen LogP contribution is 2.11. The van der Waals surface area contributed by atoms with E-state index in [2.05, 4.69) is 9.97 Å². The first-order chi connectivity index (χ1) is 5.66. The van der Waals surface area contributed by atoms with Gasteiger partial charge in [-0.1, -0.05) is 0 Å². The van der Waals surface area contributed by atoms with E-state index in [-0.39, 0.29) is 16.9 Å². The number of aromatic nitrogens is 3. The molecule has 2 rings (SSSR count). The molecule has 2 aromatic heterocycles. The molecule has 2 aromatic rings. The second kappa shape index (κ2) is 2.00. The Bertz CT molecular complexity index is 533. The molecule has 4 N–H and O–H groups in total. The van der Waals surface area contributed by atoms with Crippen LogP contribution in [0.3, 0.4) is 0 Å². The van der Waals surface area contributed by atoms with E-state index < -0.39 is 11.2 Å². The summed E-state index contributed by atoms with van der Waals surface area (Å²) in [6, 6.07) is 1.24. The van der Waals surface area contributed by atoms with Crippen LogP contribution in [0.2, 0.25) is 0 Å². The Morgan fingerprint density at radius 1 is 1.17 bits per heavy atom. The Morgan fingerprint density at radius 3 is 2.67 bits per heavy atom. The topological polar surface area (TPSA) is 102 Å². The van der Waals surface area contributed by atoms with Crippen molar-refractivity contribution >= 4 is 11.0 Å². The zero-order valence-electron chi connectivity index (χ0n) is 5.84. The Labute approximate surface area is 64.9 Å². The molecule has 0 saturated heterocycles. The number of aromatic hydroxyl groups is 1. The molecule has 0 spiro atoms. The number of fused-ring (bicyclic) bond motifs is 1. The van der Waals surface area contributed by atoms with Crippen LogP contribution in [0.5, 0.6) is 5.88 Å². The molecule has 0 aliphatic carbocycles. The average Bonchev–Trinajstić information content (AvgIpc) is 2.29. The van der Waals surface area contributed by atoms with Crippen molar-refractivity contribution in [1.82, 2.24) is 15.0 Å². The normalized spacial score (nSPS) is 10.7. The number of H-pyrrole nitrogens is 3. The van der Waals surface area contributed by atoms with E-state index in [4.69, 9.17) is 5.11 Å². The quantitative estimate of drug-likeness (QED) is 0.415. The van der Waals surface area contributed by atoms with Gasteiger partial charge in [-0.25, -0.2) is 4.79 Å². The third-order valence-corrected chi connectivity index (χ3v) is 1.51. The Kier molecular flexibility index (Phi) is 1.12. The first kappa shape index (κ1) is 6.71. The van der Waals surface area contributed by atoms with Crippen molar-refractivity contribution in [3.05, 3.63) is 26.9 Å². The van der Waals surface area contributed by atoms with E-state index >= 15 is 0 Å². The van der Waals surface area contributed by atoms with Crippen molar-refractivity contribution in [2.24, 2.45) is 0 Å². The molecule has 0 atom stereocenters. The number of hydrogen-bond donors (Lipinski definition) is 4. The van der Waals surface area contributed by atoms with Crippen LogP contribution in [0.1, 0.15) is 0 Å². The zero-order chi connectivity index (χ0) is 8.72. The first-order valence-electron chi connectivity index (χ1n) is 3.21. The zero-order valence-corrected chi connectivity index (χ0v) is 5.84. The van der Waals surface area contributed by atoms with E-state index in [1.807, 2.05) is 4.98 Å². The summed E-state index contributed by atoms with van der Waals surface area (Å²) < 4.78 is 0. The molecule has 12 heavy (non-hydrogen) atoms. The molecule has 62 valence electrons. The predicted molar refractivity (Wildman–Crippen MR) is 41.2 cm³/mol. The van der Waals surface area contributed by atoms with Crippen LogP contribution in [0.4, 0.5) is 0 Å². The molecule has 0 unspecified atom stereocenters. The lowest BCUT2D eigenvalue weighted by molar-refractivity contribution is 0.458. The van der Waals surface area contributed by atoms with Gasteiger partial charge in [0, 0.05) is 6.07 Å². The van der Waals surface area contributed by atoms with Crippen molar-refractivity contribution in [3.8, 4) is 5.88 Å². The highest BCUT2D eigenvalue weighted by Gasteiger charge is 2.03. The van der Waals surface area contributed by atoms with Crippen molar-refractivity contribution < 1.29 is 5.11 Å². The van der Waals surface area contributed by atoms with Gasteiger partial charge in [0.15, 0.2) is 5.88 Å². The van der Waals surface area contributed by atoms with E-state index in [9.17, 15) is 9.59 Å². The maximum Gasteiger partial charge on any atom is 0.327 e. The summed E-state index contributed by atoms with van der Waals surface area (Å²) in [5, 5.41) is 9.17. The Morgan fingerprint density at radius 2 is 1.92 bits per heavy atom. The molecular weight excluding hydrogens is 162 g/mol. The van der Waals surface area contributed by atoms with Gasteiger partial charge in [-0.05, 0) is 0 Å². The van der Waals surface area contributed by atoms with Crippen LogP contribution in [0, 0.1) is 0 Å². The average molecular weight is 167 g/mol. The van der Waals surface area contributed by atoms with Crippen molar-refractivity contribution in [2.75, 3.05) is 0 Å². The number of rotatable bonds is 0. The number of nitrogens with one attached hydrogen (secondary N) is 3. The van der Waals surface area contributed by atoms with Crippen molar-refractivity contribution in [2.45, 2.75) is 0 Å². The van der Waals surface area contributed by atoms with Gasteiger partial charge in [-0.15, -0.1) is 0 Å². The lowest BCUT2D eigenvalue weighted by Crippen LogP contribution is -2.21. The van der Waals surface area contributed by atoms with Crippen LogP contribution < -0.4 is 11.2 Å². The van der Waals surface area contributed by atoms with E-state index in [0.717, 1.165) is 0 Å². The maximum atomic E-state index is 11.0. The molecule has 0 aliphatic heterocycles. The largest absolute Gasteiger partial charge is 0.495 e. The standard InChI is InChI=1S/C6H5N3O3/c10-3-1-2-4(7-3)8-6(12)9-5(2)11/h1,10H,(H3,7,8,9,11,12). The van der Waals surface area contributed by atoms with Gasteiger partial charge in [0.1, 0.15) is 5.65 Å². The fraction of sp³-hybridized carbons (Fsp3) is 0. The number of aromatic amines is 3. The minimum absolute atomic E-state index is 0.155. The van der Waals surface area contributed by atoms with Crippen LogP contribution in [0.25, 0.3) is 11.0 Å². The van der Waals surface area contributed by atoms with Crippen LogP contribution in [-0.2, 0) is 0 Å². The molecule has 0 radical (unpaired) electrons. The van der Waals surface area contributed by atoms with Crippen LogP contribution in [-0.4, -0.2) is 20.1 Å². The fourth-order valence-electron chi connectivity index (χ4n) is 1.03. The summed E-state index contributed by atoms with van der Waals surface area (Å²) in [4.78, 5) is 28.5. The monoisotopic (exact) mass is 167 g/mol. The molecule has 0 fully saturated rings. The lowest BCUT2D eigenvalue weighted by Gasteiger charge is -1.84. The molecule has 0 saturated carbocycles. The molecule has 0 aliphatic rings.